The van der Waals surface area contributed by atoms with Gasteiger partial charge in [-0.15, -0.1) is 10.2 Å². The smallest absolute Gasteiger partial charge is 0.352 e. The quantitative estimate of drug-likeness (QED) is 0.780. The Morgan fingerprint density at radius 3 is 2.83 bits per heavy atom. The molecule has 1 amide bonds. The Labute approximate surface area is 138 Å². The van der Waals surface area contributed by atoms with E-state index >= 15 is 0 Å². The Bertz CT molecular complexity index is 886. The molecule has 6 nitrogen and oxygen atoms in total. The maximum atomic E-state index is 12.7. The highest BCUT2D eigenvalue weighted by Gasteiger charge is 2.38. The third-order valence-electron chi connectivity index (χ3n) is 3.19. The molecule has 0 atom stereocenters. The summed E-state index contributed by atoms with van der Waals surface area (Å²) in [6, 6.07) is 7.12. The number of benzene rings is 1. The van der Waals surface area contributed by atoms with Gasteiger partial charge in [0.2, 0.25) is 4.96 Å². The summed E-state index contributed by atoms with van der Waals surface area (Å²) in [4.78, 5) is 12.1. The summed E-state index contributed by atoms with van der Waals surface area (Å²) in [5, 5.41) is 13.6. The molecule has 0 aliphatic rings. The van der Waals surface area contributed by atoms with Crippen LogP contribution in [0.25, 0.3) is 4.96 Å². The molecule has 2 aromatic heterocycles. The Balaban J connectivity index is 1.64. The van der Waals surface area contributed by atoms with E-state index in [2.05, 4.69) is 20.6 Å². The Hall–Kier alpha value is -2.49. The second-order valence-corrected chi connectivity index (χ2v) is 6.13. The van der Waals surface area contributed by atoms with Crippen molar-refractivity contribution in [2.45, 2.75) is 19.5 Å². The highest BCUT2D eigenvalue weighted by Crippen LogP contribution is 2.28. The largest absolute Gasteiger partial charge is 0.453 e. The summed E-state index contributed by atoms with van der Waals surface area (Å²) in [6.45, 7) is 2.15. The van der Waals surface area contributed by atoms with Crippen molar-refractivity contribution in [2.24, 2.45) is 0 Å². The molecule has 0 fully saturated rings. The van der Waals surface area contributed by atoms with Crippen molar-refractivity contribution < 1.29 is 18.0 Å². The van der Waals surface area contributed by atoms with Crippen LogP contribution in [0.1, 0.15) is 26.8 Å². The van der Waals surface area contributed by atoms with E-state index in [1.54, 1.807) is 18.2 Å². The van der Waals surface area contributed by atoms with Crippen molar-refractivity contribution in [3.8, 4) is 0 Å². The average molecular weight is 355 g/mol. The minimum Gasteiger partial charge on any atom is -0.352 e. The lowest BCUT2D eigenvalue weighted by molar-refractivity contribution is -0.146. The van der Waals surface area contributed by atoms with Gasteiger partial charge in [0.25, 0.3) is 11.7 Å². The maximum absolute atomic E-state index is 12.7. The number of fused-ring (bicyclic) bond motifs is 1. The zero-order chi connectivity index (χ0) is 17.3. The van der Waals surface area contributed by atoms with Crippen LogP contribution in [0, 0.1) is 6.92 Å². The minimum absolute atomic E-state index is 0.0716. The summed E-state index contributed by atoms with van der Waals surface area (Å²) >= 11 is 1.01. The van der Waals surface area contributed by atoms with E-state index in [0.717, 1.165) is 16.9 Å². The van der Waals surface area contributed by atoms with Crippen LogP contribution < -0.4 is 5.32 Å². The van der Waals surface area contributed by atoms with E-state index in [1.165, 1.54) is 0 Å². The number of carbonyl (C=O) groups is 1. The topological polar surface area (TPSA) is 72.2 Å². The van der Waals surface area contributed by atoms with Crippen molar-refractivity contribution in [3.63, 3.8) is 0 Å². The molecule has 0 unspecified atom stereocenters. The number of nitrogens with zero attached hydrogens (tertiary/aromatic N) is 4. The van der Waals surface area contributed by atoms with Crippen LogP contribution in [0.4, 0.5) is 13.2 Å². The molecule has 1 N–H and O–H groups in total. The lowest BCUT2D eigenvalue weighted by atomic mass is 10.1. The summed E-state index contributed by atoms with van der Waals surface area (Å²) in [5.41, 5.74) is 1.50. The first-order valence-corrected chi connectivity index (χ1v) is 7.79. The molecule has 0 saturated carbocycles. The number of aryl methyl sites for hydroxylation is 1. The number of aromatic nitrogens is 4. The number of amides is 1. The monoisotopic (exact) mass is 355 g/mol. The second-order valence-electron chi connectivity index (χ2n) is 5.09. The predicted octanol–water partition coefficient (Wildman–Crippen LogP) is 2.49. The van der Waals surface area contributed by atoms with Gasteiger partial charge in [-0.25, -0.2) is 0 Å². The van der Waals surface area contributed by atoms with Gasteiger partial charge < -0.3 is 5.32 Å². The zero-order valence-corrected chi connectivity index (χ0v) is 13.3. The van der Waals surface area contributed by atoms with Crippen LogP contribution >= 0.6 is 11.3 Å². The molecule has 0 bridgehead atoms. The van der Waals surface area contributed by atoms with Gasteiger partial charge >= 0.3 is 6.18 Å². The van der Waals surface area contributed by atoms with Crippen molar-refractivity contribution in [1.29, 1.82) is 0 Å². The molecule has 0 radical (unpaired) electrons. The number of alkyl halides is 3. The number of nitrogens with one attached hydrogen (secondary N) is 1. The lowest BCUT2D eigenvalue weighted by Crippen LogP contribution is -2.25. The molecular weight excluding hydrogens is 343 g/mol. The molecular formula is C14H12F3N5OS. The fraction of sp³-hybridized carbons (Fsp3) is 0.286. The lowest BCUT2D eigenvalue weighted by Gasteiger charge is -2.04. The van der Waals surface area contributed by atoms with E-state index in [9.17, 15) is 18.0 Å². The van der Waals surface area contributed by atoms with Gasteiger partial charge in [0.05, 0.1) is 0 Å². The molecule has 3 rings (SSSR count). The Morgan fingerprint density at radius 2 is 2.12 bits per heavy atom. The van der Waals surface area contributed by atoms with E-state index in [4.69, 9.17) is 0 Å². The standard InChI is InChI=1S/C14H12F3N5OS/c1-8-3-2-4-9(7-8)11(23)18-6-5-10-21-22-12(14(15,16)17)19-20-13(22)24-10/h2-4,7H,5-6H2,1H3,(H,18,23). The fourth-order valence-electron chi connectivity index (χ4n) is 2.11. The van der Waals surface area contributed by atoms with E-state index in [1.807, 2.05) is 13.0 Å². The summed E-state index contributed by atoms with van der Waals surface area (Å²) in [5.74, 6) is -1.39. The van der Waals surface area contributed by atoms with E-state index in [0.29, 0.717) is 21.5 Å². The van der Waals surface area contributed by atoms with Crippen molar-refractivity contribution >= 4 is 22.2 Å². The molecule has 24 heavy (non-hydrogen) atoms. The summed E-state index contributed by atoms with van der Waals surface area (Å²) in [7, 11) is 0. The molecule has 0 aliphatic heterocycles. The highest BCUT2D eigenvalue weighted by atomic mass is 32.1. The third-order valence-corrected chi connectivity index (χ3v) is 4.15. The van der Waals surface area contributed by atoms with Gasteiger partial charge in [-0.05, 0) is 19.1 Å². The normalized spacial score (nSPS) is 11.8. The van der Waals surface area contributed by atoms with Crippen LogP contribution in [0.3, 0.4) is 0 Å². The minimum atomic E-state index is -4.61. The third kappa shape index (κ3) is 3.37. The Kier molecular flexibility index (Phi) is 4.22. The predicted molar refractivity (Wildman–Crippen MR) is 80.9 cm³/mol. The maximum Gasteiger partial charge on any atom is 0.453 e. The first-order chi connectivity index (χ1) is 11.3. The molecule has 0 saturated heterocycles. The molecule has 3 aromatic rings. The molecule has 10 heteroatoms. The molecule has 2 heterocycles. The number of hydrogen-bond acceptors (Lipinski definition) is 5. The van der Waals surface area contributed by atoms with Gasteiger partial charge in [-0.3, -0.25) is 4.79 Å². The molecule has 1 aromatic carbocycles. The van der Waals surface area contributed by atoms with Gasteiger partial charge in [0.1, 0.15) is 5.01 Å². The Morgan fingerprint density at radius 1 is 1.33 bits per heavy atom. The second kappa shape index (κ2) is 6.19. The van der Waals surface area contributed by atoms with E-state index in [-0.39, 0.29) is 17.4 Å². The molecule has 0 aliphatic carbocycles. The van der Waals surface area contributed by atoms with Crippen LogP contribution in [0.2, 0.25) is 0 Å². The van der Waals surface area contributed by atoms with Crippen LogP contribution in [-0.4, -0.2) is 32.3 Å². The van der Waals surface area contributed by atoms with Gasteiger partial charge in [-0.1, -0.05) is 29.0 Å². The number of halogens is 3. The summed E-state index contributed by atoms with van der Waals surface area (Å²) < 4.78 is 38.9. The van der Waals surface area contributed by atoms with Crippen molar-refractivity contribution in [3.05, 3.63) is 46.2 Å². The number of hydrogen-bond donors (Lipinski definition) is 1. The van der Waals surface area contributed by atoms with Crippen molar-refractivity contribution in [1.82, 2.24) is 25.1 Å². The fourth-order valence-corrected chi connectivity index (χ4v) is 2.94. The van der Waals surface area contributed by atoms with E-state index < -0.39 is 12.0 Å². The molecule has 126 valence electrons. The summed E-state index contributed by atoms with van der Waals surface area (Å²) in [6.07, 6.45) is -4.30. The first kappa shape index (κ1) is 16.4. The zero-order valence-electron chi connectivity index (χ0n) is 12.5. The van der Waals surface area contributed by atoms with Crippen molar-refractivity contribution in [2.75, 3.05) is 6.54 Å². The van der Waals surface area contributed by atoms with Gasteiger partial charge in [0, 0.05) is 18.5 Å². The number of rotatable bonds is 4. The highest BCUT2D eigenvalue weighted by molar-refractivity contribution is 7.16. The average Bonchev–Trinajstić information content (AvgIpc) is 3.05. The van der Waals surface area contributed by atoms with Crippen LogP contribution in [0.5, 0.6) is 0 Å². The van der Waals surface area contributed by atoms with Gasteiger partial charge in [0.15, 0.2) is 0 Å². The number of carbonyl (C=O) groups excluding carboxylic acids is 1. The first-order valence-electron chi connectivity index (χ1n) is 6.98. The molecule has 0 spiro atoms. The van der Waals surface area contributed by atoms with Gasteiger partial charge in [-0.2, -0.15) is 22.8 Å². The van der Waals surface area contributed by atoms with Crippen LogP contribution in [0.15, 0.2) is 24.3 Å². The van der Waals surface area contributed by atoms with Crippen LogP contribution in [-0.2, 0) is 12.6 Å². The SMILES string of the molecule is Cc1cccc(C(=O)NCCc2nn3c(C(F)(F)F)nnc3s2)c1.